The first kappa shape index (κ1) is 8.40. The largest absolute Gasteiger partial charge is 0.372 e. The topological polar surface area (TPSA) is 29.9 Å². The lowest BCUT2D eigenvalue weighted by atomic mass is 10.4. The minimum absolute atomic E-state index is 0.717. The molecule has 0 unspecified atom stereocenters. The van der Waals surface area contributed by atoms with Gasteiger partial charge in [-0.1, -0.05) is 11.6 Å². The van der Waals surface area contributed by atoms with Gasteiger partial charge in [-0.3, -0.25) is 0 Å². The van der Waals surface area contributed by atoms with Gasteiger partial charge >= 0.3 is 0 Å². The summed E-state index contributed by atoms with van der Waals surface area (Å²) >= 11 is 5.95. The number of rotatable bonds is 2. The third-order valence-electron chi connectivity index (χ3n) is 1.59. The SMILES string of the molecule is CCn1nc(C)c(Cl)c1NC. The van der Waals surface area contributed by atoms with Crippen molar-refractivity contribution in [2.24, 2.45) is 0 Å². The molecule has 11 heavy (non-hydrogen) atoms. The molecule has 1 aromatic heterocycles. The first-order chi connectivity index (χ1) is 5.20. The molecule has 0 saturated heterocycles. The highest BCUT2D eigenvalue weighted by atomic mass is 35.5. The number of nitrogens with one attached hydrogen (secondary N) is 1. The monoisotopic (exact) mass is 173 g/mol. The van der Waals surface area contributed by atoms with Crippen molar-refractivity contribution in [3.05, 3.63) is 10.7 Å². The zero-order valence-electron chi connectivity index (χ0n) is 6.98. The van der Waals surface area contributed by atoms with Crippen molar-refractivity contribution < 1.29 is 0 Å². The maximum absolute atomic E-state index is 5.95. The number of anilines is 1. The second kappa shape index (κ2) is 3.13. The van der Waals surface area contributed by atoms with Crippen LogP contribution in [-0.2, 0) is 6.54 Å². The van der Waals surface area contributed by atoms with Gasteiger partial charge in [0.1, 0.15) is 10.8 Å². The predicted molar refractivity (Wildman–Crippen MR) is 47.2 cm³/mol. The van der Waals surface area contributed by atoms with Crippen LogP contribution in [0.25, 0.3) is 0 Å². The minimum Gasteiger partial charge on any atom is -0.372 e. The van der Waals surface area contributed by atoms with E-state index in [1.165, 1.54) is 0 Å². The molecule has 0 aliphatic heterocycles. The van der Waals surface area contributed by atoms with Crippen molar-refractivity contribution in [2.75, 3.05) is 12.4 Å². The summed E-state index contributed by atoms with van der Waals surface area (Å²) in [5, 5.41) is 7.94. The molecule has 0 spiro atoms. The molecular formula is C7H12ClN3. The molecule has 0 atom stereocenters. The Morgan fingerprint density at radius 3 is 2.64 bits per heavy atom. The summed E-state index contributed by atoms with van der Waals surface area (Å²) < 4.78 is 1.84. The second-order valence-electron chi connectivity index (χ2n) is 2.31. The number of halogens is 1. The van der Waals surface area contributed by atoms with Gasteiger partial charge in [-0.25, -0.2) is 4.68 Å². The van der Waals surface area contributed by atoms with Gasteiger partial charge in [-0.05, 0) is 13.8 Å². The van der Waals surface area contributed by atoms with Crippen LogP contribution in [-0.4, -0.2) is 16.8 Å². The van der Waals surface area contributed by atoms with E-state index in [1.807, 2.05) is 25.6 Å². The van der Waals surface area contributed by atoms with E-state index in [2.05, 4.69) is 10.4 Å². The van der Waals surface area contributed by atoms with Gasteiger partial charge in [0.25, 0.3) is 0 Å². The third-order valence-corrected chi connectivity index (χ3v) is 2.04. The molecule has 0 radical (unpaired) electrons. The molecule has 4 heteroatoms. The smallest absolute Gasteiger partial charge is 0.143 e. The van der Waals surface area contributed by atoms with E-state index < -0.39 is 0 Å². The molecule has 1 N–H and O–H groups in total. The van der Waals surface area contributed by atoms with Gasteiger partial charge < -0.3 is 5.32 Å². The van der Waals surface area contributed by atoms with Gasteiger partial charge in [-0.15, -0.1) is 0 Å². The van der Waals surface area contributed by atoms with Crippen LogP contribution in [0.3, 0.4) is 0 Å². The quantitative estimate of drug-likeness (QED) is 0.741. The van der Waals surface area contributed by atoms with Gasteiger partial charge in [-0.2, -0.15) is 5.10 Å². The van der Waals surface area contributed by atoms with Crippen LogP contribution in [0.1, 0.15) is 12.6 Å². The maximum Gasteiger partial charge on any atom is 0.143 e. The summed E-state index contributed by atoms with van der Waals surface area (Å²) in [6.07, 6.45) is 0. The Balaban J connectivity index is 3.15. The molecule has 0 aliphatic rings. The number of nitrogens with zero attached hydrogens (tertiary/aromatic N) is 2. The molecule has 0 aromatic carbocycles. The lowest BCUT2D eigenvalue weighted by molar-refractivity contribution is 0.660. The van der Waals surface area contributed by atoms with Crippen molar-refractivity contribution in [1.29, 1.82) is 0 Å². The standard InChI is InChI=1S/C7H12ClN3/c1-4-11-7(9-3)6(8)5(2)10-11/h9H,4H2,1-3H3. The lowest BCUT2D eigenvalue weighted by Gasteiger charge is -2.02. The molecule has 0 fully saturated rings. The average molecular weight is 174 g/mol. The second-order valence-corrected chi connectivity index (χ2v) is 2.69. The summed E-state index contributed by atoms with van der Waals surface area (Å²) in [6.45, 7) is 4.77. The van der Waals surface area contributed by atoms with Crippen molar-refractivity contribution in [2.45, 2.75) is 20.4 Å². The molecule has 1 heterocycles. The molecule has 0 bridgehead atoms. The Kier molecular flexibility index (Phi) is 2.39. The van der Waals surface area contributed by atoms with Crippen molar-refractivity contribution in [1.82, 2.24) is 9.78 Å². The fourth-order valence-corrected chi connectivity index (χ4v) is 1.26. The Morgan fingerprint density at radius 2 is 2.27 bits per heavy atom. The maximum atomic E-state index is 5.95. The van der Waals surface area contributed by atoms with E-state index in [1.54, 1.807) is 0 Å². The van der Waals surface area contributed by atoms with Crippen LogP contribution >= 0.6 is 11.6 Å². The highest BCUT2D eigenvalue weighted by Crippen LogP contribution is 2.24. The van der Waals surface area contributed by atoms with Crippen LogP contribution in [0, 0.1) is 6.92 Å². The summed E-state index contributed by atoms with van der Waals surface area (Å²) in [7, 11) is 1.84. The van der Waals surface area contributed by atoms with E-state index in [-0.39, 0.29) is 0 Å². The fraction of sp³-hybridized carbons (Fsp3) is 0.571. The van der Waals surface area contributed by atoms with Crippen molar-refractivity contribution >= 4 is 17.4 Å². The molecule has 3 nitrogen and oxygen atoms in total. The van der Waals surface area contributed by atoms with Crippen LogP contribution in [0.15, 0.2) is 0 Å². The van der Waals surface area contributed by atoms with Gasteiger partial charge in [0.05, 0.1) is 5.69 Å². The van der Waals surface area contributed by atoms with E-state index in [0.29, 0.717) is 5.02 Å². The number of aromatic nitrogens is 2. The summed E-state index contributed by atoms with van der Waals surface area (Å²) in [6, 6.07) is 0. The summed E-state index contributed by atoms with van der Waals surface area (Å²) in [5.74, 6) is 0.895. The fourth-order valence-electron chi connectivity index (χ4n) is 1.03. The Labute approximate surface area is 71.4 Å². The van der Waals surface area contributed by atoms with Crippen LogP contribution < -0.4 is 5.32 Å². The minimum atomic E-state index is 0.717. The van der Waals surface area contributed by atoms with Gasteiger partial charge in [0.15, 0.2) is 0 Å². The third kappa shape index (κ3) is 1.33. The van der Waals surface area contributed by atoms with E-state index in [0.717, 1.165) is 18.1 Å². The molecule has 0 aliphatic carbocycles. The summed E-state index contributed by atoms with van der Waals surface area (Å²) in [5.41, 5.74) is 0.873. The van der Waals surface area contributed by atoms with E-state index >= 15 is 0 Å². The van der Waals surface area contributed by atoms with Crippen molar-refractivity contribution in [3.63, 3.8) is 0 Å². The highest BCUT2D eigenvalue weighted by molar-refractivity contribution is 6.33. The predicted octanol–water partition coefficient (Wildman–Crippen LogP) is 1.91. The van der Waals surface area contributed by atoms with Gasteiger partial charge in [0.2, 0.25) is 0 Å². The summed E-state index contributed by atoms with van der Waals surface area (Å²) in [4.78, 5) is 0. The zero-order chi connectivity index (χ0) is 8.43. The molecule has 0 amide bonds. The van der Waals surface area contributed by atoms with Crippen LogP contribution in [0.4, 0.5) is 5.82 Å². The lowest BCUT2D eigenvalue weighted by Crippen LogP contribution is -2.02. The Hall–Kier alpha value is -0.700. The first-order valence-electron chi connectivity index (χ1n) is 3.61. The Bertz CT molecular complexity index is 254. The first-order valence-corrected chi connectivity index (χ1v) is 3.99. The number of aryl methyl sites for hydroxylation is 2. The van der Waals surface area contributed by atoms with E-state index in [4.69, 9.17) is 11.6 Å². The van der Waals surface area contributed by atoms with Crippen LogP contribution in [0.2, 0.25) is 5.02 Å². The van der Waals surface area contributed by atoms with Crippen LogP contribution in [0.5, 0.6) is 0 Å². The normalized spacial score (nSPS) is 10.2. The molecule has 0 saturated carbocycles. The molecule has 1 aromatic rings. The molecular weight excluding hydrogens is 162 g/mol. The van der Waals surface area contributed by atoms with E-state index in [9.17, 15) is 0 Å². The van der Waals surface area contributed by atoms with Gasteiger partial charge in [0, 0.05) is 13.6 Å². The average Bonchev–Trinajstić information content (AvgIpc) is 2.28. The number of hydrogen-bond donors (Lipinski definition) is 1. The number of hydrogen-bond acceptors (Lipinski definition) is 2. The Morgan fingerprint density at radius 1 is 1.64 bits per heavy atom. The zero-order valence-corrected chi connectivity index (χ0v) is 7.74. The van der Waals surface area contributed by atoms with Crippen molar-refractivity contribution in [3.8, 4) is 0 Å². The molecule has 62 valence electrons. The highest BCUT2D eigenvalue weighted by Gasteiger charge is 2.09. The molecule has 1 rings (SSSR count).